The summed E-state index contributed by atoms with van der Waals surface area (Å²) in [4.78, 5) is 55.3. The number of carbonyl (C=O) groups excluding carboxylic acids is 2. The van der Waals surface area contributed by atoms with Gasteiger partial charge in [-0.2, -0.15) is 9.97 Å². The number of aromatic nitrogens is 5. The van der Waals surface area contributed by atoms with Gasteiger partial charge in [-0.05, 0) is 125 Å². The number of thiazole rings is 1. The molecular formula is C62H71F2N11O5S. The van der Waals surface area contributed by atoms with Gasteiger partial charge in [-0.3, -0.25) is 19.5 Å². The fraction of sp³-hybridized carbons (Fsp3) is 0.468. The van der Waals surface area contributed by atoms with Gasteiger partial charge in [-0.1, -0.05) is 61.7 Å². The van der Waals surface area contributed by atoms with Crippen LogP contribution in [0.5, 0.6) is 11.8 Å². The molecule has 424 valence electrons. The van der Waals surface area contributed by atoms with Gasteiger partial charge in [0.05, 0.1) is 39.5 Å². The molecule has 5 aliphatic rings. The molecule has 9 heterocycles. The summed E-state index contributed by atoms with van der Waals surface area (Å²) in [7, 11) is 0. The molecule has 4 atom stereocenters. The van der Waals surface area contributed by atoms with Crippen molar-refractivity contribution >= 4 is 56.5 Å². The maximum atomic E-state index is 17.1. The van der Waals surface area contributed by atoms with Gasteiger partial charge >= 0.3 is 6.01 Å². The third-order valence-corrected chi connectivity index (χ3v) is 17.9. The molecule has 0 saturated carbocycles. The monoisotopic (exact) mass is 1120 g/mol. The smallest absolute Gasteiger partial charge is 0.319 e. The number of nitrogens with zero attached hydrogens (tertiary/aromatic N) is 9. The third-order valence-electron chi connectivity index (χ3n) is 16.9. The summed E-state index contributed by atoms with van der Waals surface area (Å²) in [5.41, 5.74) is 4.96. The van der Waals surface area contributed by atoms with Crippen LogP contribution in [-0.2, 0) is 16.0 Å². The summed E-state index contributed by atoms with van der Waals surface area (Å²) in [6.45, 7) is 14.7. The van der Waals surface area contributed by atoms with E-state index in [2.05, 4.69) is 77.3 Å². The Bertz CT molecular complexity index is 3430. The average Bonchev–Trinajstić information content (AvgIpc) is 4.36. The number of anilines is 2. The van der Waals surface area contributed by atoms with Gasteiger partial charge in [0.25, 0.3) is 0 Å². The van der Waals surface area contributed by atoms with Crippen LogP contribution in [0.25, 0.3) is 43.4 Å². The second kappa shape index (κ2) is 24.4. The van der Waals surface area contributed by atoms with Crippen LogP contribution in [0, 0.1) is 42.7 Å². The van der Waals surface area contributed by atoms with Crippen molar-refractivity contribution in [3.8, 4) is 45.8 Å². The average molecular weight is 1120 g/mol. The highest BCUT2D eigenvalue weighted by atomic mass is 32.1. The van der Waals surface area contributed by atoms with Gasteiger partial charge < -0.3 is 39.7 Å². The Morgan fingerprint density at radius 1 is 0.926 bits per heavy atom. The number of hydrogen-bond acceptors (Lipinski definition) is 15. The molecule has 5 aliphatic heterocycles. The van der Waals surface area contributed by atoms with E-state index < -0.39 is 17.7 Å². The number of amides is 2. The second-order valence-corrected chi connectivity index (χ2v) is 23.3. The maximum Gasteiger partial charge on any atom is 0.319 e. The van der Waals surface area contributed by atoms with Gasteiger partial charge in [0.1, 0.15) is 47.0 Å². The lowest BCUT2D eigenvalue weighted by Crippen LogP contribution is -2.51. The largest absolute Gasteiger partial charge is 0.508 e. The van der Waals surface area contributed by atoms with Crippen molar-refractivity contribution in [3.05, 3.63) is 101 Å². The number of terminal acetylenes is 1. The van der Waals surface area contributed by atoms with E-state index in [-0.39, 0.29) is 75.8 Å². The summed E-state index contributed by atoms with van der Waals surface area (Å²) in [6.07, 6.45) is 16.3. The predicted octanol–water partition coefficient (Wildman–Crippen LogP) is 10.0. The number of ether oxygens (including phenoxy) is 1. The van der Waals surface area contributed by atoms with Gasteiger partial charge in [-0.25, -0.2) is 13.8 Å². The highest BCUT2D eigenvalue weighted by Crippen LogP contribution is 2.40. The van der Waals surface area contributed by atoms with Crippen LogP contribution in [0.15, 0.2) is 70.8 Å². The maximum absolute atomic E-state index is 17.1. The van der Waals surface area contributed by atoms with Gasteiger partial charge in [0.15, 0.2) is 11.6 Å². The number of piperidine rings is 2. The molecule has 19 heteroatoms. The molecule has 5 saturated heterocycles. The number of phenols is 1. The molecule has 81 heavy (non-hydrogen) atoms. The van der Waals surface area contributed by atoms with Gasteiger partial charge in [-0.15, -0.1) is 17.8 Å². The van der Waals surface area contributed by atoms with E-state index in [4.69, 9.17) is 20.7 Å². The lowest BCUT2D eigenvalue weighted by molar-refractivity contribution is -0.138. The van der Waals surface area contributed by atoms with Crippen molar-refractivity contribution in [3.63, 3.8) is 0 Å². The molecule has 0 radical (unpaired) electrons. The highest BCUT2D eigenvalue weighted by molar-refractivity contribution is 7.13. The minimum Gasteiger partial charge on any atom is -0.508 e. The molecule has 12 rings (SSSR count). The molecule has 16 nitrogen and oxygen atoms in total. The Morgan fingerprint density at radius 3 is 2.36 bits per heavy atom. The van der Waals surface area contributed by atoms with E-state index >= 15 is 8.78 Å². The van der Waals surface area contributed by atoms with E-state index in [1.165, 1.54) is 30.7 Å². The van der Waals surface area contributed by atoms with Crippen molar-refractivity contribution in [2.24, 2.45) is 11.8 Å². The first-order valence-electron chi connectivity index (χ1n) is 28.8. The van der Waals surface area contributed by atoms with E-state index in [9.17, 15) is 14.7 Å². The van der Waals surface area contributed by atoms with Crippen LogP contribution < -0.4 is 25.2 Å². The van der Waals surface area contributed by atoms with E-state index in [1.54, 1.807) is 22.4 Å². The third kappa shape index (κ3) is 11.9. The fourth-order valence-electron chi connectivity index (χ4n) is 12.8. The Morgan fingerprint density at radius 2 is 1.65 bits per heavy atom. The minimum atomic E-state index is -0.744. The van der Waals surface area contributed by atoms with Crippen LogP contribution >= 0.6 is 11.3 Å². The molecule has 7 aromatic rings. The molecule has 3 aromatic carbocycles. The number of hydrogen-bond donors (Lipinski definition) is 3. The summed E-state index contributed by atoms with van der Waals surface area (Å²) in [5, 5.41) is 23.0. The first-order valence-corrected chi connectivity index (χ1v) is 29.7. The quantitative estimate of drug-likeness (QED) is 0.0877. The number of nitrogens with one attached hydrogen (secondary N) is 2. The van der Waals surface area contributed by atoms with Crippen LogP contribution in [0.3, 0.4) is 0 Å². The van der Waals surface area contributed by atoms with Crippen molar-refractivity contribution in [2.45, 2.75) is 116 Å². The number of aromatic hydroxyl groups is 1. The number of benzene rings is 3. The fourth-order valence-corrected chi connectivity index (χ4v) is 13.6. The second-order valence-electron chi connectivity index (χ2n) is 22.5. The SMILES string of the molecule is C#Cc1c(F)ccc2cc(O)cc(-c3ncc4c(N5CC6CCC(C5)N6)nc(OCCN5CCC(C6CCN(c7cc(CC(=O)N8CCCC8C(=O)NC(C)c8ccc(-c9scnc9C)cc8)on7)CC6)CC5)nc4c3F)c12.CCC. The van der Waals surface area contributed by atoms with Crippen LogP contribution in [0.4, 0.5) is 20.4 Å². The normalized spacial score (nSPS) is 20.1. The zero-order chi connectivity index (χ0) is 56.3. The molecule has 2 bridgehead atoms. The topological polar surface area (TPSA) is 178 Å². The molecular weight excluding hydrogens is 1050 g/mol. The first-order chi connectivity index (χ1) is 39.4. The molecule has 0 aliphatic carbocycles. The van der Waals surface area contributed by atoms with Crippen molar-refractivity contribution in [2.75, 3.05) is 68.8 Å². The molecule has 0 spiro atoms. The zero-order valence-corrected chi connectivity index (χ0v) is 47.4. The molecule has 3 N–H and O–H groups in total. The minimum absolute atomic E-state index is 0.0212. The molecule has 4 unspecified atom stereocenters. The van der Waals surface area contributed by atoms with Gasteiger partial charge in [0, 0.05) is 74.6 Å². The Hall–Kier alpha value is -7.27. The summed E-state index contributed by atoms with van der Waals surface area (Å²) < 4.78 is 44.1. The standard InChI is InChI=1S/C59H63F2N11O5S.C3H8/c1-4-45-48(60)14-11-40-26-43(73)27-46(52(40)45)54-53(61)55-47(30-62-54)57(71-31-41-12-13-42(32-71)65-41)67-59(66-55)76-25-24-69-20-15-37(16-21-69)38-17-22-70(23-18-38)50-28-44(77-68-50)29-51(74)72-19-5-6-49(72)58(75)64-34(2)36-7-9-39(10-8-36)56-35(3)63-33-78-56;1-3-2/h1,7-11,14,26-28,30,33-34,37-38,41-42,49,65,73H,5-6,12-13,15-25,29,31-32H2,2-3H3,(H,64,75);3H2,1-2H3. The van der Waals surface area contributed by atoms with E-state index in [0.29, 0.717) is 73.4 Å². The summed E-state index contributed by atoms with van der Waals surface area (Å²) >= 11 is 1.61. The van der Waals surface area contributed by atoms with Crippen molar-refractivity contribution < 1.29 is 32.7 Å². The molecule has 4 aromatic heterocycles. The van der Waals surface area contributed by atoms with E-state index in [1.807, 2.05) is 37.6 Å². The lowest BCUT2D eigenvalue weighted by atomic mass is 9.79. The van der Waals surface area contributed by atoms with E-state index in [0.717, 1.165) is 98.6 Å². The molecule has 5 fully saturated rings. The van der Waals surface area contributed by atoms with Crippen LogP contribution in [0.2, 0.25) is 0 Å². The van der Waals surface area contributed by atoms with Crippen LogP contribution in [0.1, 0.15) is 107 Å². The summed E-state index contributed by atoms with van der Waals surface area (Å²) in [6, 6.07) is 15.5. The number of likely N-dealkylation sites (tertiary alicyclic amines) is 2. The number of carbonyl (C=O) groups is 2. The molecule has 2 amide bonds. The predicted molar refractivity (Wildman–Crippen MR) is 311 cm³/mol. The van der Waals surface area contributed by atoms with Crippen molar-refractivity contribution in [1.29, 1.82) is 0 Å². The number of aryl methyl sites for hydroxylation is 1. The Kier molecular flexibility index (Phi) is 16.8. The number of rotatable bonds is 14. The number of fused-ring (bicyclic) bond motifs is 4. The highest BCUT2D eigenvalue weighted by Gasteiger charge is 2.37. The lowest BCUT2D eigenvalue weighted by Gasteiger charge is -2.40. The zero-order valence-electron chi connectivity index (χ0n) is 46.6. The van der Waals surface area contributed by atoms with Crippen LogP contribution in [-0.4, -0.2) is 129 Å². The number of pyridine rings is 1. The number of phenolic OH excluding ortho intramolecular Hbond substituents is 1. The Labute approximate surface area is 475 Å². The first kappa shape index (κ1) is 55.6. The van der Waals surface area contributed by atoms with Gasteiger partial charge in [0.2, 0.25) is 11.8 Å². The number of halogens is 2. The Balaban J connectivity index is 0.00000225. The number of piperazine rings is 1. The summed E-state index contributed by atoms with van der Waals surface area (Å²) in [5.74, 6) is 3.60. The van der Waals surface area contributed by atoms with Crippen molar-refractivity contribution in [1.82, 2.24) is 45.5 Å².